The van der Waals surface area contributed by atoms with Gasteiger partial charge in [-0.05, 0) is 39.2 Å². The van der Waals surface area contributed by atoms with Gasteiger partial charge in [0.1, 0.15) is 0 Å². The van der Waals surface area contributed by atoms with Crippen molar-refractivity contribution < 1.29 is 13.2 Å². The van der Waals surface area contributed by atoms with Gasteiger partial charge in [-0.1, -0.05) is 0 Å². The zero-order valence-corrected chi connectivity index (χ0v) is 11.7. The van der Waals surface area contributed by atoms with Crippen LogP contribution in [-0.4, -0.2) is 50.7 Å². The summed E-state index contributed by atoms with van der Waals surface area (Å²) >= 11 is 0. The maximum Gasteiger partial charge on any atom is 0.240 e. The van der Waals surface area contributed by atoms with Gasteiger partial charge < -0.3 is 10.6 Å². The molecule has 106 valence electrons. The molecule has 0 bridgehead atoms. The first kappa shape index (κ1) is 15.4. The summed E-state index contributed by atoms with van der Waals surface area (Å²) < 4.78 is 25.7. The zero-order chi connectivity index (χ0) is 13.6. The van der Waals surface area contributed by atoms with Crippen molar-refractivity contribution in [2.75, 3.05) is 25.4 Å². The smallest absolute Gasteiger partial charge is 0.240 e. The molecule has 1 aliphatic rings. The highest BCUT2D eigenvalue weighted by Crippen LogP contribution is 2.10. The Morgan fingerprint density at radius 2 is 1.94 bits per heavy atom. The van der Waals surface area contributed by atoms with Gasteiger partial charge in [-0.15, -0.1) is 0 Å². The number of likely N-dealkylation sites (tertiary alicyclic amines) is 1. The first-order valence-electron chi connectivity index (χ1n) is 6.45. The molecule has 7 heteroatoms. The number of nitrogens with one attached hydrogen (secondary N) is 1. The molecule has 18 heavy (non-hydrogen) atoms. The van der Waals surface area contributed by atoms with Gasteiger partial charge in [0, 0.05) is 13.1 Å². The van der Waals surface area contributed by atoms with E-state index < -0.39 is 16.1 Å². The molecular weight excluding hydrogens is 254 g/mol. The number of hydrogen-bond acceptors (Lipinski definition) is 4. The van der Waals surface area contributed by atoms with Crippen molar-refractivity contribution in [1.82, 2.24) is 9.62 Å². The standard InChI is InChI=1S/C11H23N3O3S/c1-10(13-18(16,17)9-5-6-12)11(15)14-7-3-2-4-8-14/h10,13H,2-9,12H2,1H3. The minimum Gasteiger partial charge on any atom is -0.341 e. The molecule has 0 aliphatic carbocycles. The fourth-order valence-electron chi connectivity index (χ4n) is 2.04. The third-order valence-corrected chi connectivity index (χ3v) is 4.55. The number of amides is 1. The number of carbonyl (C=O) groups excluding carboxylic acids is 1. The Kier molecular flexibility index (Phi) is 6.04. The van der Waals surface area contributed by atoms with Crippen molar-refractivity contribution in [2.24, 2.45) is 5.73 Å². The summed E-state index contributed by atoms with van der Waals surface area (Å²) in [5, 5.41) is 0. The number of nitrogens with two attached hydrogens (primary N) is 1. The predicted octanol–water partition coefficient (Wildman–Crippen LogP) is -0.344. The minimum absolute atomic E-state index is 0.0267. The largest absolute Gasteiger partial charge is 0.341 e. The van der Waals surface area contributed by atoms with E-state index in [2.05, 4.69) is 4.72 Å². The highest BCUT2D eigenvalue weighted by atomic mass is 32.2. The molecule has 1 aliphatic heterocycles. The van der Waals surface area contributed by atoms with Gasteiger partial charge in [-0.3, -0.25) is 4.79 Å². The van der Waals surface area contributed by atoms with Crippen LogP contribution in [0.2, 0.25) is 0 Å². The summed E-state index contributed by atoms with van der Waals surface area (Å²) in [6.07, 6.45) is 3.54. The molecule has 0 aromatic heterocycles. The van der Waals surface area contributed by atoms with Crippen molar-refractivity contribution in [3.63, 3.8) is 0 Å². The van der Waals surface area contributed by atoms with Gasteiger partial charge in [0.25, 0.3) is 0 Å². The summed E-state index contributed by atoms with van der Waals surface area (Å²) in [7, 11) is -3.40. The van der Waals surface area contributed by atoms with Crippen molar-refractivity contribution in [2.45, 2.75) is 38.6 Å². The topological polar surface area (TPSA) is 92.5 Å². The molecule has 3 N–H and O–H groups in total. The average molecular weight is 277 g/mol. The van der Waals surface area contributed by atoms with Crippen molar-refractivity contribution in [3.05, 3.63) is 0 Å². The maximum absolute atomic E-state index is 12.0. The van der Waals surface area contributed by atoms with Crippen LogP contribution in [0, 0.1) is 0 Å². The van der Waals surface area contributed by atoms with E-state index in [-0.39, 0.29) is 11.7 Å². The normalized spacial score (nSPS) is 18.7. The van der Waals surface area contributed by atoms with Crippen LogP contribution in [0.4, 0.5) is 0 Å². The maximum atomic E-state index is 12.0. The lowest BCUT2D eigenvalue weighted by Gasteiger charge is -2.29. The van der Waals surface area contributed by atoms with Gasteiger partial charge in [0.15, 0.2) is 0 Å². The average Bonchev–Trinajstić information content (AvgIpc) is 2.36. The van der Waals surface area contributed by atoms with E-state index >= 15 is 0 Å². The van der Waals surface area contributed by atoms with Crippen LogP contribution in [0.1, 0.15) is 32.6 Å². The van der Waals surface area contributed by atoms with Gasteiger partial charge in [-0.2, -0.15) is 0 Å². The van der Waals surface area contributed by atoms with E-state index in [9.17, 15) is 13.2 Å². The molecule has 0 radical (unpaired) electrons. The fraction of sp³-hybridized carbons (Fsp3) is 0.909. The van der Waals surface area contributed by atoms with Crippen LogP contribution in [0.3, 0.4) is 0 Å². The number of piperidine rings is 1. The molecular formula is C11H23N3O3S. The van der Waals surface area contributed by atoms with E-state index in [1.165, 1.54) is 0 Å². The molecule has 1 amide bonds. The Labute approximate surface area is 109 Å². The Hall–Kier alpha value is -0.660. The lowest BCUT2D eigenvalue weighted by molar-refractivity contribution is -0.133. The van der Waals surface area contributed by atoms with Gasteiger partial charge in [-0.25, -0.2) is 13.1 Å². The minimum atomic E-state index is -3.40. The fourth-order valence-corrected chi connectivity index (χ4v) is 3.34. The summed E-state index contributed by atoms with van der Waals surface area (Å²) in [5.41, 5.74) is 5.28. The van der Waals surface area contributed by atoms with Crippen molar-refractivity contribution >= 4 is 15.9 Å². The van der Waals surface area contributed by atoms with Gasteiger partial charge in [0.2, 0.25) is 15.9 Å². The molecule has 1 fully saturated rings. The molecule has 1 saturated heterocycles. The number of rotatable bonds is 6. The predicted molar refractivity (Wildman–Crippen MR) is 70.5 cm³/mol. The van der Waals surface area contributed by atoms with E-state index in [0.29, 0.717) is 13.0 Å². The quantitative estimate of drug-likeness (QED) is 0.694. The summed E-state index contributed by atoms with van der Waals surface area (Å²) in [4.78, 5) is 13.8. The van der Waals surface area contributed by atoms with E-state index in [0.717, 1.165) is 32.4 Å². The Balaban J connectivity index is 2.48. The molecule has 6 nitrogen and oxygen atoms in total. The summed E-state index contributed by atoms with van der Waals surface area (Å²) in [6.45, 7) is 3.38. The number of hydrogen-bond donors (Lipinski definition) is 2. The Bertz CT molecular complexity index is 364. The SMILES string of the molecule is CC(NS(=O)(=O)CCCN)C(=O)N1CCCCC1. The molecule has 0 saturated carbocycles. The lowest BCUT2D eigenvalue weighted by atomic mass is 10.1. The molecule has 0 spiro atoms. The molecule has 0 aromatic carbocycles. The second-order valence-electron chi connectivity index (χ2n) is 4.69. The monoisotopic (exact) mass is 277 g/mol. The highest BCUT2D eigenvalue weighted by Gasteiger charge is 2.25. The first-order chi connectivity index (χ1) is 8.46. The molecule has 1 rings (SSSR count). The molecule has 1 heterocycles. The van der Waals surface area contributed by atoms with Crippen LogP contribution in [0.5, 0.6) is 0 Å². The molecule has 1 atom stereocenters. The Morgan fingerprint density at radius 1 is 1.33 bits per heavy atom. The lowest BCUT2D eigenvalue weighted by Crippen LogP contribution is -2.48. The third-order valence-electron chi connectivity index (χ3n) is 3.01. The van der Waals surface area contributed by atoms with Crippen LogP contribution in [-0.2, 0) is 14.8 Å². The van der Waals surface area contributed by atoms with E-state index in [1.54, 1.807) is 11.8 Å². The zero-order valence-electron chi connectivity index (χ0n) is 10.9. The van der Waals surface area contributed by atoms with E-state index in [1.807, 2.05) is 0 Å². The van der Waals surface area contributed by atoms with Crippen LogP contribution >= 0.6 is 0 Å². The highest BCUT2D eigenvalue weighted by molar-refractivity contribution is 7.89. The van der Waals surface area contributed by atoms with Crippen LogP contribution in [0.25, 0.3) is 0 Å². The van der Waals surface area contributed by atoms with E-state index in [4.69, 9.17) is 5.73 Å². The molecule has 1 unspecified atom stereocenters. The van der Waals surface area contributed by atoms with Gasteiger partial charge >= 0.3 is 0 Å². The van der Waals surface area contributed by atoms with Crippen LogP contribution < -0.4 is 10.5 Å². The first-order valence-corrected chi connectivity index (χ1v) is 8.10. The number of sulfonamides is 1. The summed E-state index contributed by atoms with van der Waals surface area (Å²) in [6, 6.07) is -0.689. The number of carbonyl (C=O) groups is 1. The number of nitrogens with zero attached hydrogens (tertiary/aromatic N) is 1. The summed E-state index contributed by atoms with van der Waals surface area (Å²) in [5.74, 6) is -0.160. The van der Waals surface area contributed by atoms with Crippen LogP contribution in [0.15, 0.2) is 0 Å². The van der Waals surface area contributed by atoms with Crippen molar-refractivity contribution in [1.29, 1.82) is 0 Å². The molecule has 0 aromatic rings. The van der Waals surface area contributed by atoms with Gasteiger partial charge in [0.05, 0.1) is 11.8 Å². The Morgan fingerprint density at radius 3 is 2.50 bits per heavy atom. The second-order valence-corrected chi connectivity index (χ2v) is 6.56. The third kappa shape index (κ3) is 4.91. The second kappa shape index (κ2) is 7.06. The van der Waals surface area contributed by atoms with Crippen molar-refractivity contribution in [3.8, 4) is 0 Å².